The first-order valence-electron chi connectivity index (χ1n) is 10.3. The van der Waals surface area contributed by atoms with Crippen molar-refractivity contribution in [2.75, 3.05) is 5.32 Å². The molecule has 2 heterocycles. The first kappa shape index (κ1) is 19.8. The van der Waals surface area contributed by atoms with Gasteiger partial charge in [-0.15, -0.1) is 0 Å². The zero-order valence-corrected chi connectivity index (χ0v) is 17.5. The Bertz CT molecular complexity index is 1200. The summed E-state index contributed by atoms with van der Waals surface area (Å²) in [5.74, 6) is 0.480. The molecule has 1 N–H and O–H groups in total. The molecule has 2 aromatic carbocycles. The molecule has 0 fully saturated rings. The molecule has 0 bridgehead atoms. The number of carbonyl (C=O) groups is 1. The lowest BCUT2D eigenvalue weighted by molar-refractivity contribution is 0.102. The van der Waals surface area contributed by atoms with Crippen molar-refractivity contribution < 1.29 is 4.79 Å². The molecule has 0 aliphatic heterocycles. The second-order valence-electron chi connectivity index (χ2n) is 7.30. The number of aromatic nitrogens is 4. The number of anilines is 1. The van der Waals surface area contributed by atoms with Gasteiger partial charge in [-0.1, -0.05) is 44.2 Å². The molecule has 0 spiro atoms. The number of hydrogen-bond donors (Lipinski definition) is 1. The summed E-state index contributed by atoms with van der Waals surface area (Å²) < 4.78 is 1.81. The van der Waals surface area contributed by atoms with E-state index in [9.17, 15) is 4.79 Å². The quantitative estimate of drug-likeness (QED) is 0.516. The van der Waals surface area contributed by atoms with Crippen LogP contribution in [0.4, 0.5) is 5.82 Å². The first-order valence-corrected chi connectivity index (χ1v) is 10.3. The van der Waals surface area contributed by atoms with Gasteiger partial charge in [-0.05, 0) is 43.5 Å². The highest BCUT2D eigenvalue weighted by atomic mass is 16.1. The van der Waals surface area contributed by atoms with Crippen LogP contribution in [0.1, 0.15) is 46.9 Å². The lowest BCUT2D eigenvalue weighted by Crippen LogP contribution is -2.16. The molecule has 6 nitrogen and oxygen atoms in total. The van der Waals surface area contributed by atoms with Gasteiger partial charge >= 0.3 is 0 Å². The highest BCUT2D eigenvalue weighted by Gasteiger charge is 2.14. The van der Waals surface area contributed by atoms with Crippen LogP contribution in [0.15, 0.2) is 54.6 Å². The molecule has 152 valence electrons. The third-order valence-corrected chi connectivity index (χ3v) is 5.07. The van der Waals surface area contributed by atoms with Gasteiger partial charge in [-0.3, -0.25) is 4.79 Å². The van der Waals surface area contributed by atoms with Gasteiger partial charge < -0.3 is 5.32 Å². The van der Waals surface area contributed by atoms with Crippen molar-refractivity contribution in [3.63, 3.8) is 0 Å². The topological polar surface area (TPSA) is 72.7 Å². The molecular weight excluding hydrogens is 374 g/mol. The lowest BCUT2D eigenvalue weighted by atomic mass is 10.1. The van der Waals surface area contributed by atoms with Crippen LogP contribution in [-0.4, -0.2) is 25.7 Å². The van der Waals surface area contributed by atoms with E-state index in [1.807, 2.05) is 54.1 Å². The number of fused-ring (bicyclic) bond motifs is 1. The number of rotatable bonds is 6. The fraction of sp³-hybridized carbons (Fsp3) is 0.250. The summed E-state index contributed by atoms with van der Waals surface area (Å²) in [5, 5.41) is 7.52. The maximum atomic E-state index is 12.9. The molecular formula is C24H25N5O. The van der Waals surface area contributed by atoms with Crippen molar-refractivity contribution in [1.82, 2.24) is 19.7 Å². The second kappa shape index (κ2) is 8.45. The zero-order chi connectivity index (χ0) is 21.1. The molecule has 6 heteroatoms. The fourth-order valence-electron chi connectivity index (χ4n) is 3.55. The molecule has 0 saturated carbocycles. The van der Waals surface area contributed by atoms with Crippen LogP contribution in [0.3, 0.4) is 0 Å². The monoisotopic (exact) mass is 399 g/mol. The third kappa shape index (κ3) is 4.08. The standard InChI is InChI=1S/C24H25N5O/c1-4-19-20(5-2)26-22-14-18(11-12-21(22)25-19)24(30)27-23-13-16(3)28-29(23)15-17-9-7-6-8-10-17/h6-14H,4-5,15H2,1-3H3,(H,27,30). The average molecular weight is 399 g/mol. The summed E-state index contributed by atoms with van der Waals surface area (Å²) in [6, 6.07) is 17.4. The maximum Gasteiger partial charge on any atom is 0.256 e. The van der Waals surface area contributed by atoms with Gasteiger partial charge in [-0.2, -0.15) is 5.10 Å². The van der Waals surface area contributed by atoms with Crippen LogP contribution in [0.2, 0.25) is 0 Å². The Morgan fingerprint density at radius 2 is 1.63 bits per heavy atom. The Labute approximate surface area is 176 Å². The van der Waals surface area contributed by atoms with E-state index in [0.717, 1.165) is 46.5 Å². The predicted molar refractivity (Wildman–Crippen MR) is 119 cm³/mol. The normalized spacial score (nSPS) is 11.0. The minimum Gasteiger partial charge on any atom is -0.307 e. The number of hydrogen-bond acceptors (Lipinski definition) is 4. The Morgan fingerprint density at radius 3 is 2.33 bits per heavy atom. The number of carbonyl (C=O) groups excluding carboxylic acids is 1. The Morgan fingerprint density at radius 1 is 0.933 bits per heavy atom. The Hall–Kier alpha value is -3.54. The smallest absolute Gasteiger partial charge is 0.256 e. The van der Waals surface area contributed by atoms with Crippen LogP contribution >= 0.6 is 0 Å². The van der Waals surface area contributed by atoms with Crippen molar-refractivity contribution in [1.29, 1.82) is 0 Å². The zero-order valence-electron chi connectivity index (χ0n) is 17.5. The molecule has 0 aliphatic rings. The molecule has 4 rings (SSSR count). The van der Waals surface area contributed by atoms with Gasteiger partial charge in [0.05, 0.1) is 34.7 Å². The van der Waals surface area contributed by atoms with E-state index in [1.165, 1.54) is 0 Å². The number of nitrogens with one attached hydrogen (secondary N) is 1. The van der Waals surface area contributed by atoms with E-state index in [1.54, 1.807) is 12.1 Å². The van der Waals surface area contributed by atoms with E-state index < -0.39 is 0 Å². The second-order valence-corrected chi connectivity index (χ2v) is 7.30. The number of nitrogens with zero attached hydrogens (tertiary/aromatic N) is 4. The molecule has 1 amide bonds. The number of benzene rings is 2. The van der Waals surface area contributed by atoms with Crippen molar-refractivity contribution in [3.05, 3.63) is 82.8 Å². The van der Waals surface area contributed by atoms with Gasteiger partial charge in [0.15, 0.2) is 0 Å². The summed E-state index contributed by atoms with van der Waals surface area (Å²) in [6.07, 6.45) is 1.67. The van der Waals surface area contributed by atoms with Gasteiger partial charge in [0, 0.05) is 11.6 Å². The molecule has 4 aromatic rings. The number of amides is 1. The molecule has 0 aliphatic carbocycles. The molecule has 0 saturated heterocycles. The van der Waals surface area contributed by atoms with Crippen molar-refractivity contribution in [2.45, 2.75) is 40.2 Å². The predicted octanol–water partition coefficient (Wildman–Crippen LogP) is 4.56. The van der Waals surface area contributed by atoms with E-state index in [2.05, 4.69) is 24.3 Å². The fourth-order valence-corrected chi connectivity index (χ4v) is 3.55. The van der Waals surface area contributed by atoms with Crippen LogP contribution in [-0.2, 0) is 19.4 Å². The summed E-state index contributed by atoms with van der Waals surface area (Å²) in [5.41, 5.74) is 6.08. The molecule has 0 unspecified atom stereocenters. The third-order valence-electron chi connectivity index (χ3n) is 5.07. The highest BCUT2D eigenvalue weighted by Crippen LogP contribution is 2.18. The lowest BCUT2D eigenvalue weighted by Gasteiger charge is -2.10. The summed E-state index contributed by atoms with van der Waals surface area (Å²) >= 11 is 0. The summed E-state index contributed by atoms with van der Waals surface area (Å²) in [4.78, 5) is 22.4. The van der Waals surface area contributed by atoms with Crippen molar-refractivity contribution in [2.24, 2.45) is 0 Å². The van der Waals surface area contributed by atoms with E-state index in [4.69, 9.17) is 9.97 Å². The van der Waals surface area contributed by atoms with Crippen molar-refractivity contribution in [3.8, 4) is 0 Å². The Kier molecular flexibility index (Phi) is 5.57. The number of aryl methyl sites for hydroxylation is 3. The van der Waals surface area contributed by atoms with Crippen molar-refractivity contribution >= 4 is 22.8 Å². The summed E-state index contributed by atoms with van der Waals surface area (Å²) in [7, 11) is 0. The first-order chi connectivity index (χ1) is 14.6. The van der Waals surface area contributed by atoms with Crippen LogP contribution in [0, 0.1) is 6.92 Å². The van der Waals surface area contributed by atoms with E-state index in [0.29, 0.717) is 17.9 Å². The van der Waals surface area contributed by atoms with Gasteiger partial charge in [0.25, 0.3) is 5.91 Å². The maximum absolute atomic E-state index is 12.9. The van der Waals surface area contributed by atoms with Gasteiger partial charge in [0.1, 0.15) is 5.82 Å². The van der Waals surface area contributed by atoms with Crippen LogP contribution < -0.4 is 5.32 Å². The minimum atomic E-state index is -0.189. The van der Waals surface area contributed by atoms with Gasteiger partial charge in [-0.25, -0.2) is 14.6 Å². The molecule has 30 heavy (non-hydrogen) atoms. The molecule has 0 atom stereocenters. The Balaban J connectivity index is 1.60. The van der Waals surface area contributed by atoms with Crippen LogP contribution in [0.25, 0.3) is 11.0 Å². The van der Waals surface area contributed by atoms with E-state index in [-0.39, 0.29) is 5.91 Å². The average Bonchev–Trinajstić information content (AvgIpc) is 3.11. The molecule has 2 aromatic heterocycles. The van der Waals surface area contributed by atoms with Gasteiger partial charge in [0.2, 0.25) is 0 Å². The highest BCUT2D eigenvalue weighted by molar-refractivity contribution is 6.05. The summed E-state index contributed by atoms with van der Waals surface area (Å²) in [6.45, 7) is 6.66. The SMILES string of the molecule is CCc1nc2ccc(C(=O)Nc3cc(C)nn3Cc3ccccc3)cc2nc1CC. The minimum absolute atomic E-state index is 0.189. The van der Waals surface area contributed by atoms with Crippen LogP contribution in [0.5, 0.6) is 0 Å². The molecule has 0 radical (unpaired) electrons. The van der Waals surface area contributed by atoms with E-state index >= 15 is 0 Å². The largest absolute Gasteiger partial charge is 0.307 e.